The van der Waals surface area contributed by atoms with Crippen LogP contribution in [0.3, 0.4) is 0 Å². The standard InChI is InChI=1S/C34H22BrNO/c35-27-18-26(25-15-17-32-31-12-6-7-13-33(31)37-34(32)21-25)20-30(22-27)36(28-10-2-1-3-11-28)29-16-14-23-8-4-5-9-24(23)19-29/h1-22H. The molecule has 0 saturated heterocycles. The Morgan fingerprint density at radius 2 is 1.22 bits per heavy atom. The van der Waals surface area contributed by atoms with Gasteiger partial charge in [0.15, 0.2) is 0 Å². The predicted octanol–water partition coefficient (Wildman–Crippen LogP) is 10.6. The van der Waals surface area contributed by atoms with Crippen LogP contribution in [0.4, 0.5) is 17.1 Å². The van der Waals surface area contributed by atoms with Crippen LogP contribution in [0.5, 0.6) is 0 Å². The Hall–Kier alpha value is -4.34. The molecular formula is C34H22BrNO. The van der Waals surface area contributed by atoms with E-state index in [1.807, 2.05) is 12.1 Å². The Balaban J connectivity index is 1.39. The van der Waals surface area contributed by atoms with E-state index in [0.717, 1.165) is 54.6 Å². The van der Waals surface area contributed by atoms with E-state index in [4.69, 9.17) is 4.42 Å². The van der Waals surface area contributed by atoms with Crippen molar-refractivity contribution in [1.29, 1.82) is 0 Å². The third kappa shape index (κ3) is 3.98. The second kappa shape index (κ2) is 8.95. The molecule has 0 fully saturated rings. The van der Waals surface area contributed by atoms with Gasteiger partial charge in [0.25, 0.3) is 0 Å². The minimum atomic E-state index is 0.898. The van der Waals surface area contributed by atoms with Crippen LogP contribution in [0.15, 0.2) is 142 Å². The second-order valence-electron chi connectivity index (χ2n) is 9.21. The van der Waals surface area contributed by atoms with Gasteiger partial charge in [0, 0.05) is 32.3 Å². The predicted molar refractivity (Wildman–Crippen MR) is 159 cm³/mol. The molecule has 3 heteroatoms. The maximum Gasteiger partial charge on any atom is 0.136 e. The number of furan rings is 1. The molecular weight excluding hydrogens is 518 g/mol. The largest absolute Gasteiger partial charge is 0.456 e. The highest BCUT2D eigenvalue weighted by molar-refractivity contribution is 9.10. The van der Waals surface area contributed by atoms with Crippen LogP contribution in [0.2, 0.25) is 0 Å². The van der Waals surface area contributed by atoms with Crippen molar-refractivity contribution in [2.75, 3.05) is 4.90 Å². The molecule has 7 aromatic rings. The summed E-state index contributed by atoms with van der Waals surface area (Å²) in [6.45, 7) is 0. The Morgan fingerprint density at radius 1 is 0.459 bits per heavy atom. The maximum absolute atomic E-state index is 6.18. The molecule has 176 valence electrons. The number of nitrogens with zero attached hydrogens (tertiary/aromatic N) is 1. The number of para-hydroxylation sites is 2. The average molecular weight is 540 g/mol. The Bertz CT molecular complexity index is 1900. The van der Waals surface area contributed by atoms with Crippen LogP contribution in [-0.2, 0) is 0 Å². The van der Waals surface area contributed by atoms with E-state index < -0.39 is 0 Å². The van der Waals surface area contributed by atoms with Crippen molar-refractivity contribution in [2.45, 2.75) is 0 Å². The van der Waals surface area contributed by atoms with Crippen molar-refractivity contribution < 1.29 is 4.42 Å². The fraction of sp³-hybridized carbons (Fsp3) is 0. The van der Waals surface area contributed by atoms with Gasteiger partial charge in [-0.25, -0.2) is 0 Å². The molecule has 0 aliphatic carbocycles. The monoisotopic (exact) mass is 539 g/mol. The van der Waals surface area contributed by atoms with Crippen LogP contribution in [-0.4, -0.2) is 0 Å². The van der Waals surface area contributed by atoms with E-state index in [1.54, 1.807) is 0 Å². The van der Waals surface area contributed by atoms with Gasteiger partial charge >= 0.3 is 0 Å². The van der Waals surface area contributed by atoms with Crippen molar-refractivity contribution in [3.8, 4) is 11.1 Å². The molecule has 0 saturated carbocycles. The normalized spacial score (nSPS) is 11.4. The van der Waals surface area contributed by atoms with Crippen molar-refractivity contribution in [1.82, 2.24) is 0 Å². The molecule has 6 aromatic carbocycles. The lowest BCUT2D eigenvalue weighted by Gasteiger charge is -2.26. The van der Waals surface area contributed by atoms with Crippen LogP contribution in [0, 0.1) is 0 Å². The summed E-state index contributed by atoms with van der Waals surface area (Å²) in [4.78, 5) is 2.31. The number of rotatable bonds is 4. The van der Waals surface area contributed by atoms with E-state index in [1.165, 1.54) is 10.8 Å². The summed E-state index contributed by atoms with van der Waals surface area (Å²) in [5.41, 5.74) is 7.34. The summed E-state index contributed by atoms with van der Waals surface area (Å²) in [7, 11) is 0. The summed E-state index contributed by atoms with van der Waals surface area (Å²) in [6, 6.07) is 46.9. The van der Waals surface area contributed by atoms with Crippen molar-refractivity contribution in [2.24, 2.45) is 0 Å². The number of hydrogen-bond acceptors (Lipinski definition) is 2. The fourth-order valence-corrected chi connectivity index (χ4v) is 5.60. The summed E-state index contributed by atoms with van der Waals surface area (Å²) in [5.74, 6) is 0. The first-order valence-corrected chi connectivity index (χ1v) is 13.1. The lowest BCUT2D eigenvalue weighted by Crippen LogP contribution is -2.10. The fourth-order valence-electron chi connectivity index (χ4n) is 5.12. The molecule has 1 heterocycles. The average Bonchev–Trinajstić information content (AvgIpc) is 3.31. The summed E-state index contributed by atoms with van der Waals surface area (Å²) < 4.78 is 7.20. The van der Waals surface area contributed by atoms with Gasteiger partial charge in [-0.1, -0.05) is 88.7 Å². The number of fused-ring (bicyclic) bond motifs is 4. The van der Waals surface area contributed by atoms with E-state index in [2.05, 4.69) is 142 Å². The summed E-state index contributed by atoms with van der Waals surface area (Å²) >= 11 is 3.79. The van der Waals surface area contributed by atoms with Gasteiger partial charge in [-0.05, 0) is 82.6 Å². The molecule has 0 amide bonds. The number of benzene rings is 6. The molecule has 0 N–H and O–H groups in total. The van der Waals surface area contributed by atoms with Gasteiger partial charge in [-0.3, -0.25) is 0 Å². The van der Waals surface area contributed by atoms with Crippen LogP contribution >= 0.6 is 15.9 Å². The highest BCUT2D eigenvalue weighted by atomic mass is 79.9. The molecule has 0 spiro atoms. The van der Waals surface area contributed by atoms with Gasteiger partial charge in [-0.15, -0.1) is 0 Å². The number of halogens is 1. The van der Waals surface area contributed by atoms with Crippen molar-refractivity contribution in [3.05, 3.63) is 138 Å². The SMILES string of the molecule is Brc1cc(-c2ccc3c(c2)oc2ccccc23)cc(N(c2ccccc2)c2ccc3ccccc3c2)c1. The quantitative estimate of drug-likeness (QED) is 0.221. The molecule has 37 heavy (non-hydrogen) atoms. The van der Waals surface area contributed by atoms with E-state index in [9.17, 15) is 0 Å². The van der Waals surface area contributed by atoms with Gasteiger partial charge in [0.2, 0.25) is 0 Å². The number of anilines is 3. The van der Waals surface area contributed by atoms with Gasteiger partial charge in [0.1, 0.15) is 11.2 Å². The van der Waals surface area contributed by atoms with E-state index in [0.29, 0.717) is 0 Å². The zero-order valence-corrected chi connectivity index (χ0v) is 21.5. The van der Waals surface area contributed by atoms with Gasteiger partial charge in [0.05, 0.1) is 0 Å². The molecule has 0 unspecified atom stereocenters. The molecule has 7 rings (SSSR count). The maximum atomic E-state index is 6.18. The van der Waals surface area contributed by atoms with Crippen LogP contribution < -0.4 is 4.90 Å². The highest BCUT2D eigenvalue weighted by Crippen LogP contribution is 2.40. The Labute approximate surface area is 223 Å². The minimum absolute atomic E-state index is 0.898. The molecule has 1 aromatic heterocycles. The zero-order chi connectivity index (χ0) is 24.8. The molecule has 0 atom stereocenters. The Kier molecular flexibility index (Phi) is 5.30. The first-order chi connectivity index (χ1) is 18.2. The topological polar surface area (TPSA) is 16.4 Å². The molecule has 0 radical (unpaired) electrons. The molecule has 0 aliphatic rings. The van der Waals surface area contributed by atoms with Crippen LogP contribution in [0.25, 0.3) is 43.8 Å². The number of hydrogen-bond donors (Lipinski definition) is 0. The molecule has 0 bridgehead atoms. The lowest BCUT2D eigenvalue weighted by atomic mass is 10.0. The third-order valence-electron chi connectivity index (χ3n) is 6.86. The minimum Gasteiger partial charge on any atom is -0.456 e. The first-order valence-electron chi connectivity index (χ1n) is 12.3. The first kappa shape index (κ1) is 21.9. The molecule has 2 nitrogen and oxygen atoms in total. The third-order valence-corrected chi connectivity index (χ3v) is 7.32. The van der Waals surface area contributed by atoms with Gasteiger partial charge in [-0.2, -0.15) is 0 Å². The van der Waals surface area contributed by atoms with Crippen molar-refractivity contribution >= 4 is 65.7 Å². The summed E-state index contributed by atoms with van der Waals surface area (Å²) in [5, 5.41) is 4.72. The summed E-state index contributed by atoms with van der Waals surface area (Å²) in [6.07, 6.45) is 0. The van der Waals surface area contributed by atoms with E-state index >= 15 is 0 Å². The van der Waals surface area contributed by atoms with Crippen molar-refractivity contribution in [3.63, 3.8) is 0 Å². The smallest absolute Gasteiger partial charge is 0.136 e. The molecule has 0 aliphatic heterocycles. The van der Waals surface area contributed by atoms with Gasteiger partial charge < -0.3 is 9.32 Å². The Morgan fingerprint density at radius 3 is 2.11 bits per heavy atom. The second-order valence-corrected chi connectivity index (χ2v) is 10.1. The lowest BCUT2D eigenvalue weighted by molar-refractivity contribution is 0.669. The van der Waals surface area contributed by atoms with E-state index in [-0.39, 0.29) is 0 Å². The highest BCUT2D eigenvalue weighted by Gasteiger charge is 2.16. The van der Waals surface area contributed by atoms with Crippen LogP contribution in [0.1, 0.15) is 0 Å². The zero-order valence-electron chi connectivity index (χ0n) is 19.9.